The van der Waals surface area contributed by atoms with E-state index in [1.807, 2.05) is 17.0 Å². The van der Waals surface area contributed by atoms with E-state index in [0.717, 1.165) is 13.0 Å². The quantitative estimate of drug-likeness (QED) is 0.785. The first-order chi connectivity index (χ1) is 8.06. The molecule has 0 aromatic heterocycles. The molecule has 3 nitrogen and oxygen atoms in total. The van der Waals surface area contributed by atoms with Crippen molar-refractivity contribution in [3.8, 4) is 0 Å². The number of hydrogen-bond donors (Lipinski definition) is 0. The zero-order valence-electron chi connectivity index (χ0n) is 11.2. The summed E-state index contributed by atoms with van der Waals surface area (Å²) in [7, 11) is 3.59. The van der Waals surface area contributed by atoms with Crippen molar-refractivity contribution in [2.24, 2.45) is 0 Å². The highest BCUT2D eigenvalue weighted by Crippen LogP contribution is 2.11. The molecule has 1 rings (SSSR count). The molecule has 0 spiro atoms. The molecule has 3 heteroatoms. The van der Waals surface area contributed by atoms with E-state index in [-0.39, 0.29) is 6.03 Å². The van der Waals surface area contributed by atoms with Gasteiger partial charge >= 0.3 is 6.03 Å². The first-order valence-corrected chi connectivity index (χ1v) is 6.07. The van der Waals surface area contributed by atoms with Crippen LogP contribution in [0, 0.1) is 6.92 Å². The third-order valence-corrected chi connectivity index (χ3v) is 2.77. The van der Waals surface area contributed by atoms with Crippen molar-refractivity contribution in [3.63, 3.8) is 0 Å². The van der Waals surface area contributed by atoms with Gasteiger partial charge in [0.25, 0.3) is 0 Å². The Morgan fingerprint density at radius 3 is 2.41 bits per heavy atom. The summed E-state index contributed by atoms with van der Waals surface area (Å²) in [6, 6.07) is 8.29. The molecule has 2 amide bonds. The van der Waals surface area contributed by atoms with Crippen LogP contribution in [0.4, 0.5) is 4.79 Å². The van der Waals surface area contributed by atoms with E-state index in [1.54, 1.807) is 19.0 Å². The zero-order valence-corrected chi connectivity index (χ0v) is 11.2. The van der Waals surface area contributed by atoms with Gasteiger partial charge < -0.3 is 9.80 Å². The van der Waals surface area contributed by atoms with Crippen LogP contribution in [0.5, 0.6) is 0 Å². The summed E-state index contributed by atoms with van der Waals surface area (Å²) in [5.74, 6) is 0. The van der Waals surface area contributed by atoms with Gasteiger partial charge in [-0.05, 0) is 24.5 Å². The Balaban J connectivity index is 2.80. The van der Waals surface area contributed by atoms with Crippen molar-refractivity contribution in [3.05, 3.63) is 35.4 Å². The Hall–Kier alpha value is -1.51. The van der Waals surface area contributed by atoms with Crippen LogP contribution in [0.15, 0.2) is 24.3 Å². The van der Waals surface area contributed by atoms with Gasteiger partial charge in [-0.25, -0.2) is 4.79 Å². The number of amides is 2. The van der Waals surface area contributed by atoms with Crippen LogP contribution in [0.2, 0.25) is 0 Å². The standard InChI is InChI=1S/C14H22N2O/c1-5-10-16(14(17)15(3)4)11-13-9-7-6-8-12(13)2/h6-9H,5,10-11H2,1-4H3. The van der Waals surface area contributed by atoms with Crippen molar-refractivity contribution >= 4 is 6.03 Å². The number of carbonyl (C=O) groups is 1. The fourth-order valence-corrected chi connectivity index (χ4v) is 1.79. The summed E-state index contributed by atoms with van der Waals surface area (Å²) in [6.07, 6.45) is 0.978. The highest BCUT2D eigenvalue weighted by molar-refractivity contribution is 5.73. The second-order valence-electron chi connectivity index (χ2n) is 4.53. The number of urea groups is 1. The fraction of sp³-hybridized carbons (Fsp3) is 0.500. The molecule has 0 radical (unpaired) electrons. The van der Waals surface area contributed by atoms with E-state index in [9.17, 15) is 4.79 Å². The van der Waals surface area contributed by atoms with Gasteiger partial charge in [0.05, 0.1) is 0 Å². The Labute approximate surface area is 104 Å². The minimum atomic E-state index is 0.0788. The molecule has 94 valence electrons. The molecule has 0 aliphatic carbocycles. The lowest BCUT2D eigenvalue weighted by Crippen LogP contribution is -2.39. The fourth-order valence-electron chi connectivity index (χ4n) is 1.79. The summed E-state index contributed by atoms with van der Waals surface area (Å²) < 4.78 is 0. The second kappa shape index (κ2) is 6.28. The van der Waals surface area contributed by atoms with Crippen molar-refractivity contribution in [2.75, 3.05) is 20.6 Å². The van der Waals surface area contributed by atoms with Crippen molar-refractivity contribution in [2.45, 2.75) is 26.8 Å². The first kappa shape index (κ1) is 13.6. The number of hydrogen-bond acceptors (Lipinski definition) is 1. The van der Waals surface area contributed by atoms with E-state index in [2.05, 4.69) is 26.0 Å². The number of carbonyl (C=O) groups excluding carboxylic acids is 1. The third-order valence-electron chi connectivity index (χ3n) is 2.77. The summed E-state index contributed by atoms with van der Waals surface area (Å²) in [4.78, 5) is 15.5. The molecule has 0 saturated heterocycles. The predicted molar refractivity (Wildman–Crippen MR) is 71.0 cm³/mol. The third kappa shape index (κ3) is 3.77. The van der Waals surface area contributed by atoms with E-state index >= 15 is 0 Å². The Morgan fingerprint density at radius 1 is 1.24 bits per heavy atom. The molecule has 0 atom stereocenters. The summed E-state index contributed by atoms with van der Waals surface area (Å²) in [5.41, 5.74) is 2.45. The summed E-state index contributed by atoms with van der Waals surface area (Å²) in [6.45, 7) is 5.66. The summed E-state index contributed by atoms with van der Waals surface area (Å²) in [5, 5.41) is 0. The number of rotatable bonds is 4. The Kier molecular flexibility index (Phi) is 5.01. The number of aryl methyl sites for hydroxylation is 1. The molecule has 1 aromatic carbocycles. The molecule has 0 unspecified atom stereocenters. The first-order valence-electron chi connectivity index (χ1n) is 6.07. The SMILES string of the molecule is CCCN(Cc1ccccc1C)C(=O)N(C)C. The lowest BCUT2D eigenvalue weighted by Gasteiger charge is -2.26. The summed E-state index contributed by atoms with van der Waals surface area (Å²) >= 11 is 0. The minimum absolute atomic E-state index is 0.0788. The van der Waals surface area contributed by atoms with Crippen molar-refractivity contribution < 1.29 is 4.79 Å². The number of nitrogens with zero attached hydrogens (tertiary/aromatic N) is 2. The van der Waals surface area contributed by atoms with Crippen molar-refractivity contribution in [1.29, 1.82) is 0 Å². The average Bonchev–Trinajstić information content (AvgIpc) is 2.30. The van der Waals surface area contributed by atoms with Gasteiger partial charge in [0.15, 0.2) is 0 Å². The molecule has 17 heavy (non-hydrogen) atoms. The van der Waals surface area contributed by atoms with Gasteiger partial charge in [-0.2, -0.15) is 0 Å². The van der Waals surface area contributed by atoms with E-state index in [4.69, 9.17) is 0 Å². The van der Waals surface area contributed by atoms with Gasteiger partial charge in [-0.1, -0.05) is 31.2 Å². The van der Waals surface area contributed by atoms with Crippen LogP contribution in [0.25, 0.3) is 0 Å². The average molecular weight is 234 g/mol. The van der Waals surface area contributed by atoms with E-state index in [0.29, 0.717) is 6.54 Å². The van der Waals surface area contributed by atoms with Gasteiger partial charge in [0, 0.05) is 27.2 Å². The zero-order chi connectivity index (χ0) is 12.8. The second-order valence-corrected chi connectivity index (χ2v) is 4.53. The molecule has 0 fully saturated rings. The largest absolute Gasteiger partial charge is 0.331 e. The molecule has 0 N–H and O–H groups in total. The number of benzene rings is 1. The lowest BCUT2D eigenvalue weighted by molar-refractivity contribution is 0.168. The monoisotopic (exact) mass is 234 g/mol. The lowest BCUT2D eigenvalue weighted by atomic mass is 10.1. The van der Waals surface area contributed by atoms with Crippen LogP contribution >= 0.6 is 0 Å². The molecular formula is C14H22N2O. The highest BCUT2D eigenvalue weighted by Gasteiger charge is 2.15. The smallest absolute Gasteiger partial charge is 0.319 e. The Bertz CT molecular complexity index is 374. The maximum atomic E-state index is 12.0. The van der Waals surface area contributed by atoms with E-state index < -0.39 is 0 Å². The van der Waals surface area contributed by atoms with Gasteiger partial charge in [-0.3, -0.25) is 0 Å². The molecular weight excluding hydrogens is 212 g/mol. The molecule has 1 aromatic rings. The molecule has 0 bridgehead atoms. The van der Waals surface area contributed by atoms with Crippen LogP contribution in [-0.4, -0.2) is 36.5 Å². The van der Waals surface area contributed by atoms with Crippen LogP contribution in [-0.2, 0) is 6.54 Å². The maximum Gasteiger partial charge on any atom is 0.319 e. The van der Waals surface area contributed by atoms with Crippen LogP contribution < -0.4 is 0 Å². The van der Waals surface area contributed by atoms with Gasteiger partial charge in [0.1, 0.15) is 0 Å². The van der Waals surface area contributed by atoms with Gasteiger partial charge in [-0.15, -0.1) is 0 Å². The van der Waals surface area contributed by atoms with E-state index in [1.165, 1.54) is 11.1 Å². The van der Waals surface area contributed by atoms with Crippen LogP contribution in [0.3, 0.4) is 0 Å². The maximum absolute atomic E-state index is 12.0. The predicted octanol–water partition coefficient (Wildman–Crippen LogP) is 2.89. The van der Waals surface area contributed by atoms with Crippen molar-refractivity contribution in [1.82, 2.24) is 9.80 Å². The topological polar surface area (TPSA) is 23.6 Å². The highest BCUT2D eigenvalue weighted by atomic mass is 16.2. The van der Waals surface area contributed by atoms with Gasteiger partial charge in [0.2, 0.25) is 0 Å². The minimum Gasteiger partial charge on any atom is -0.331 e. The molecule has 0 heterocycles. The molecule has 0 aliphatic rings. The van der Waals surface area contributed by atoms with Crippen LogP contribution in [0.1, 0.15) is 24.5 Å². The normalized spacial score (nSPS) is 10.1. The Morgan fingerprint density at radius 2 is 1.88 bits per heavy atom. The molecule has 0 saturated carbocycles. The molecule has 0 aliphatic heterocycles.